The summed E-state index contributed by atoms with van der Waals surface area (Å²) < 4.78 is 0. The van der Waals surface area contributed by atoms with Gasteiger partial charge < -0.3 is 15.1 Å². The van der Waals surface area contributed by atoms with Crippen LogP contribution in [-0.2, 0) is 4.79 Å². The molecule has 1 amide bonds. The van der Waals surface area contributed by atoms with Gasteiger partial charge in [-0.3, -0.25) is 4.79 Å². The van der Waals surface area contributed by atoms with E-state index < -0.39 is 0 Å². The van der Waals surface area contributed by atoms with Crippen LogP contribution in [0.1, 0.15) is 44.7 Å². The monoisotopic (exact) mass is 359 g/mol. The number of nitrogens with one attached hydrogen (secondary N) is 1. The van der Waals surface area contributed by atoms with Crippen molar-refractivity contribution in [3.8, 4) is 0 Å². The van der Waals surface area contributed by atoms with Crippen molar-refractivity contribution in [2.75, 3.05) is 44.2 Å². The van der Waals surface area contributed by atoms with Gasteiger partial charge in [-0.1, -0.05) is 6.92 Å². The van der Waals surface area contributed by atoms with E-state index in [0.717, 1.165) is 63.0 Å². The van der Waals surface area contributed by atoms with Gasteiger partial charge in [0.25, 0.3) is 0 Å². The highest BCUT2D eigenvalue weighted by Crippen LogP contribution is 2.21. The predicted octanol–water partition coefficient (Wildman–Crippen LogP) is 2.24. The van der Waals surface area contributed by atoms with Gasteiger partial charge in [-0.2, -0.15) is 0 Å². The van der Waals surface area contributed by atoms with E-state index in [2.05, 4.69) is 32.0 Å². The summed E-state index contributed by atoms with van der Waals surface area (Å²) in [6.45, 7) is 10.4. The number of anilines is 1. The van der Waals surface area contributed by atoms with Crippen molar-refractivity contribution in [1.82, 2.24) is 20.2 Å². The molecular weight excluding hydrogens is 326 g/mol. The first kappa shape index (κ1) is 19.1. The summed E-state index contributed by atoms with van der Waals surface area (Å²) in [6.07, 6.45) is 7.30. The second kappa shape index (κ2) is 9.31. The van der Waals surface area contributed by atoms with Crippen LogP contribution in [0.3, 0.4) is 0 Å². The van der Waals surface area contributed by atoms with Gasteiger partial charge in [0, 0.05) is 44.0 Å². The molecule has 6 heteroatoms. The molecule has 0 unspecified atom stereocenters. The maximum Gasteiger partial charge on any atom is 0.225 e. The molecule has 0 aliphatic carbocycles. The van der Waals surface area contributed by atoms with E-state index in [9.17, 15) is 4.79 Å². The molecule has 0 spiro atoms. The van der Waals surface area contributed by atoms with Crippen molar-refractivity contribution in [3.05, 3.63) is 18.0 Å². The fourth-order valence-electron chi connectivity index (χ4n) is 4.08. The minimum atomic E-state index is 0.131. The Bertz CT molecular complexity index is 585. The molecule has 26 heavy (non-hydrogen) atoms. The number of piperidine rings is 2. The second-order valence-corrected chi connectivity index (χ2v) is 7.95. The highest BCUT2D eigenvalue weighted by molar-refractivity contribution is 5.78. The first-order chi connectivity index (χ1) is 12.6. The molecule has 0 saturated carbocycles. The Labute approximate surface area is 157 Å². The molecule has 3 heterocycles. The lowest BCUT2D eigenvalue weighted by molar-refractivity contribution is -0.125. The highest BCUT2D eigenvalue weighted by Gasteiger charge is 2.26. The van der Waals surface area contributed by atoms with Crippen LogP contribution in [0.5, 0.6) is 0 Å². The summed E-state index contributed by atoms with van der Waals surface area (Å²) in [6, 6.07) is 1.91. The summed E-state index contributed by atoms with van der Waals surface area (Å²) in [5, 5.41) is 3.15. The van der Waals surface area contributed by atoms with E-state index in [0.29, 0.717) is 0 Å². The van der Waals surface area contributed by atoms with Crippen LogP contribution in [0.25, 0.3) is 0 Å². The van der Waals surface area contributed by atoms with Crippen LogP contribution in [0.15, 0.2) is 12.3 Å². The quantitative estimate of drug-likeness (QED) is 0.790. The van der Waals surface area contributed by atoms with Gasteiger partial charge in [0.2, 0.25) is 11.9 Å². The summed E-state index contributed by atoms with van der Waals surface area (Å²) in [7, 11) is 0. The lowest BCUT2D eigenvalue weighted by atomic mass is 9.96. The van der Waals surface area contributed by atoms with Gasteiger partial charge in [-0.25, -0.2) is 9.97 Å². The molecule has 3 rings (SSSR count). The van der Waals surface area contributed by atoms with Crippen molar-refractivity contribution >= 4 is 11.9 Å². The number of hydrogen-bond acceptors (Lipinski definition) is 5. The number of carbonyl (C=O) groups excluding carboxylic acids is 1. The Balaban J connectivity index is 1.33. The van der Waals surface area contributed by atoms with Crippen molar-refractivity contribution < 1.29 is 4.79 Å². The summed E-state index contributed by atoms with van der Waals surface area (Å²) in [4.78, 5) is 26.0. The molecule has 2 fully saturated rings. The molecule has 2 saturated heterocycles. The zero-order chi connectivity index (χ0) is 18.4. The zero-order valence-corrected chi connectivity index (χ0v) is 16.3. The van der Waals surface area contributed by atoms with E-state index in [-0.39, 0.29) is 11.8 Å². The third kappa shape index (κ3) is 5.40. The summed E-state index contributed by atoms with van der Waals surface area (Å²) in [5.74, 6) is 1.97. The van der Waals surface area contributed by atoms with Crippen LogP contribution in [0.2, 0.25) is 0 Å². The Morgan fingerprint density at radius 3 is 2.81 bits per heavy atom. The zero-order valence-electron chi connectivity index (χ0n) is 16.3. The Kier molecular flexibility index (Phi) is 6.83. The first-order valence-electron chi connectivity index (χ1n) is 10.2. The molecule has 6 nitrogen and oxygen atoms in total. The van der Waals surface area contributed by atoms with Crippen LogP contribution >= 0.6 is 0 Å². The first-order valence-corrected chi connectivity index (χ1v) is 10.2. The normalized spacial score (nSPS) is 22.4. The number of amides is 1. The van der Waals surface area contributed by atoms with Gasteiger partial charge in [0.15, 0.2) is 0 Å². The molecule has 1 atom stereocenters. The Hall–Kier alpha value is -1.69. The van der Waals surface area contributed by atoms with Crippen LogP contribution < -0.4 is 10.2 Å². The average molecular weight is 360 g/mol. The fourth-order valence-corrected chi connectivity index (χ4v) is 4.08. The predicted molar refractivity (Wildman–Crippen MR) is 104 cm³/mol. The minimum Gasteiger partial charge on any atom is -0.356 e. The van der Waals surface area contributed by atoms with Gasteiger partial charge >= 0.3 is 0 Å². The maximum absolute atomic E-state index is 12.4. The van der Waals surface area contributed by atoms with Crippen molar-refractivity contribution in [2.45, 2.75) is 46.0 Å². The standard InChI is InChI=1S/C20H33N5O/c1-16-5-3-11-24(15-16)12-4-9-21-19(26)18-7-13-25(14-8-18)20-22-10-6-17(2)23-20/h6,10,16,18H,3-5,7-9,11-15H2,1-2H3,(H,21,26)/t16-/m0/s1. The molecule has 0 bridgehead atoms. The van der Waals surface area contributed by atoms with Crippen LogP contribution in [-0.4, -0.2) is 60.0 Å². The smallest absolute Gasteiger partial charge is 0.225 e. The Morgan fingerprint density at radius 2 is 2.08 bits per heavy atom. The molecule has 2 aliphatic heterocycles. The number of aryl methyl sites for hydroxylation is 1. The molecule has 2 aliphatic rings. The third-order valence-electron chi connectivity index (χ3n) is 5.62. The van der Waals surface area contributed by atoms with E-state index in [1.807, 2.05) is 13.0 Å². The minimum absolute atomic E-state index is 0.131. The summed E-state index contributed by atoms with van der Waals surface area (Å²) in [5.41, 5.74) is 0.984. The van der Waals surface area contributed by atoms with E-state index in [4.69, 9.17) is 0 Å². The number of hydrogen-bond donors (Lipinski definition) is 1. The van der Waals surface area contributed by atoms with Gasteiger partial charge in [-0.15, -0.1) is 0 Å². The number of aromatic nitrogens is 2. The lowest BCUT2D eigenvalue weighted by Gasteiger charge is -2.32. The number of nitrogens with zero attached hydrogens (tertiary/aromatic N) is 4. The molecule has 0 radical (unpaired) electrons. The van der Waals surface area contributed by atoms with Crippen molar-refractivity contribution in [1.29, 1.82) is 0 Å². The van der Waals surface area contributed by atoms with Gasteiger partial charge in [-0.05, 0) is 64.1 Å². The molecule has 1 aromatic heterocycles. The number of carbonyl (C=O) groups is 1. The largest absolute Gasteiger partial charge is 0.356 e. The SMILES string of the molecule is Cc1ccnc(N2CCC(C(=O)NCCCN3CCC[C@H](C)C3)CC2)n1. The van der Waals surface area contributed by atoms with Crippen molar-refractivity contribution in [3.63, 3.8) is 0 Å². The van der Waals surface area contributed by atoms with Crippen LogP contribution in [0, 0.1) is 18.8 Å². The van der Waals surface area contributed by atoms with E-state index in [1.54, 1.807) is 6.20 Å². The highest BCUT2D eigenvalue weighted by atomic mass is 16.1. The molecule has 1 N–H and O–H groups in total. The summed E-state index contributed by atoms with van der Waals surface area (Å²) >= 11 is 0. The maximum atomic E-state index is 12.4. The molecule has 1 aromatic rings. The molecular formula is C20H33N5O. The third-order valence-corrected chi connectivity index (χ3v) is 5.62. The Morgan fingerprint density at radius 1 is 1.27 bits per heavy atom. The van der Waals surface area contributed by atoms with E-state index >= 15 is 0 Å². The molecule has 144 valence electrons. The van der Waals surface area contributed by atoms with E-state index in [1.165, 1.54) is 25.9 Å². The fraction of sp³-hybridized carbons (Fsp3) is 0.750. The number of likely N-dealkylation sites (tertiary alicyclic amines) is 1. The molecule has 0 aromatic carbocycles. The lowest BCUT2D eigenvalue weighted by Crippen LogP contribution is -2.42. The van der Waals surface area contributed by atoms with Gasteiger partial charge in [0.1, 0.15) is 0 Å². The topological polar surface area (TPSA) is 61.4 Å². The second-order valence-electron chi connectivity index (χ2n) is 7.95. The van der Waals surface area contributed by atoms with Crippen LogP contribution in [0.4, 0.5) is 5.95 Å². The average Bonchev–Trinajstić information content (AvgIpc) is 2.65. The van der Waals surface area contributed by atoms with Crippen molar-refractivity contribution in [2.24, 2.45) is 11.8 Å². The van der Waals surface area contributed by atoms with Gasteiger partial charge in [0.05, 0.1) is 0 Å². The number of rotatable bonds is 6.